The Hall–Kier alpha value is -2.86. The normalized spacial score (nSPS) is 16.5. The molecule has 6 heteroatoms. The average molecular weight is 384 g/mol. The maximum Gasteiger partial charge on any atom is 0.254 e. The molecule has 1 saturated heterocycles. The first-order valence-electron chi connectivity index (χ1n) is 9.22. The van der Waals surface area contributed by atoms with E-state index >= 15 is 0 Å². The Labute approximate surface area is 164 Å². The molecule has 0 aromatic heterocycles. The predicted molar refractivity (Wildman–Crippen MR) is 106 cm³/mol. The lowest BCUT2D eigenvalue weighted by atomic mass is 10.00. The molecule has 1 heterocycles. The summed E-state index contributed by atoms with van der Waals surface area (Å²) in [6.45, 7) is 5.56. The van der Waals surface area contributed by atoms with E-state index in [2.05, 4.69) is 11.9 Å². The van der Waals surface area contributed by atoms with E-state index in [-0.39, 0.29) is 17.8 Å². The zero-order valence-corrected chi connectivity index (χ0v) is 16.2. The minimum atomic E-state index is -0.310. The van der Waals surface area contributed by atoms with Crippen molar-refractivity contribution in [2.75, 3.05) is 33.9 Å². The van der Waals surface area contributed by atoms with Crippen LogP contribution in [0, 0.1) is 5.82 Å². The Balaban J connectivity index is 1.99. The number of ether oxygens (including phenoxy) is 2. The molecule has 148 valence electrons. The summed E-state index contributed by atoms with van der Waals surface area (Å²) in [6.07, 6.45) is 2.31. The second-order valence-electron chi connectivity index (χ2n) is 6.64. The van der Waals surface area contributed by atoms with Crippen LogP contribution in [0.1, 0.15) is 27.5 Å². The third-order valence-electron chi connectivity index (χ3n) is 4.90. The number of hydrogen-bond donors (Lipinski definition) is 1. The molecular weight excluding hydrogens is 359 g/mol. The Bertz CT molecular complexity index is 869. The zero-order valence-electron chi connectivity index (χ0n) is 16.2. The summed E-state index contributed by atoms with van der Waals surface area (Å²) in [5.41, 5.74) is 2.11. The van der Waals surface area contributed by atoms with Crippen molar-refractivity contribution in [2.45, 2.75) is 12.5 Å². The molecule has 1 amide bonds. The predicted octanol–water partition coefficient (Wildman–Crippen LogP) is 3.36. The lowest BCUT2D eigenvalue weighted by Gasteiger charge is -2.36. The standard InChI is InChI=1S/C22H25FN2O3/c1-4-6-16-11-17(13-20(27-2)21(16)28-3)22(26)25-10-9-24-14-19(25)15-7-5-8-18(23)12-15/h4-5,7-8,11-13,19,24H,1,6,9-10,14H2,2-3H3. The topological polar surface area (TPSA) is 50.8 Å². The smallest absolute Gasteiger partial charge is 0.254 e. The highest BCUT2D eigenvalue weighted by Gasteiger charge is 2.30. The van der Waals surface area contributed by atoms with Gasteiger partial charge in [0.05, 0.1) is 20.3 Å². The molecular formula is C22H25FN2O3. The number of hydrogen-bond acceptors (Lipinski definition) is 4. The van der Waals surface area contributed by atoms with Crippen molar-refractivity contribution in [3.8, 4) is 11.5 Å². The molecule has 1 aliphatic heterocycles. The van der Waals surface area contributed by atoms with Gasteiger partial charge in [-0.3, -0.25) is 4.79 Å². The minimum absolute atomic E-state index is 0.123. The van der Waals surface area contributed by atoms with Gasteiger partial charge in [0.15, 0.2) is 11.5 Å². The van der Waals surface area contributed by atoms with Crippen LogP contribution in [0.4, 0.5) is 4.39 Å². The molecule has 1 fully saturated rings. The van der Waals surface area contributed by atoms with Gasteiger partial charge in [0, 0.05) is 30.8 Å². The van der Waals surface area contributed by atoms with Crippen LogP contribution in [0.3, 0.4) is 0 Å². The van der Waals surface area contributed by atoms with E-state index in [1.54, 1.807) is 37.3 Å². The first kappa shape index (κ1) is 19.9. The Morgan fingerprint density at radius 1 is 1.32 bits per heavy atom. The lowest BCUT2D eigenvalue weighted by molar-refractivity contribution is 0.0633. The number of nitrogens with zero attached hydrogens (tertiary/aromatic N) is 1. The van der Waals surface area contributed by atoms with E-state index in [0.29, 0.717) is 43.1 Å². The van der Waals surface area contributed by atoms with Gasteiger partial charge in [-0.15, -0.1) is 6.58 Å². The fourth-order valence-corrected chi connectivity index (χ4v) is 3.60. The van der Waals surface area contributed by atoms with Crippen molar-refractivity contribution in [1.82, 2.24) is 10.2 Å². The van der Waals surface area contributed by atoms with E-state index in [9.17, 15) is 9.18 Å². The van der Waals surface area contributed by atoms with E-state index in [1.165, 1.54) is 12.1 Å². The molecule has 5 nitrogen and oxygen atoms in total. The Kier molecular flexibility index (Phi) is 6.31. The van der Waals surface area contributed by atoms with E-state index in [0.717, 1.165) is 11.1 Å². The molecule has 2 aromatic rings. The van der Waals surface area contributed by atoms with Crippen molar-refractivity contribution >= 4 is 5.91 Å². The molecule has 28 heavy (non-hydrogen) atoms. The second-order valence-corrected chi connectivity index (χ2v) is 6.64. The van der Waals surface area contributed by atoms with Gasteiger partial charge in [-0.2, -0.15) is 0 Å². The summed E-state index contributed by atoms with van der Waals surface area (Å²) in [7, 11) is 3.12. The van der Waals surface area contributed by atoms with Crippen molar-refractivity contribution in [3.63, 3.8) is 0 Å². The number of allylic oxidation sites excluding steroid dienone is 1. The van der Waals surface area contributed by atoms with Crippen LogP contribution < -0.4 is 14.8 Å². The molecule has 3 rings (SSSR count). The van der Waals surface area contributed by atoms with Crippen molar-refractivity contribution in [2.24, 2.45) is 0 Å². The largest absolute Gasteiger partial charge is 0.493 e. The first-order valence-corrected chi connectivity index (χ1v) is 9.22. The van der Waals surface area contributed by atoms with Gasteiger partial charge >= 0.3 is 0 Å². The molecule has 1 unspecified atom stereocenters. The third kappa shape index (κ3) is 4.02. The van der Waals surface area contributed by atoms with Gasteiger partial charge < -0.3 is 19.7 Å². The molecule has 0 spiro atoms. The fourth-order valence-electron chi connectivity index (χ4n) is 3.60. The second kappa shape index (κ2) is 8.89. The van der Waals surface area contributed by atoms with Gasteiger partial charge in [-0.05, 0) is 36.2 Å². The van der Waals surface area contributed by atoms with Gasteiger partial charge in [0.2, 0.25) is 0 Å². The van der Waals surface area contributed by atoms with Gasteiger partial charge in [-0.25, -0.2) is 4.39 Å². The quantitative estimate of drug-likeness (QED) is 0.776. The number of rotatable bonds is 6. The SMILES string of the molecule is C=CCc1cc(C(=O)N2CCNCC2c2cccc(F)c2)cc(OC)c1OC. The Morgan fingerprint density at radius 3 is 2.82 bits per heavy atom. The summed E-state index contributed by atoms with van der Waals surface area (Å²) in [6, 6.07) is 9.67. The monoisotopic (exact) mass is 384 g/mol. The molecule has 0 radical (unpaired) electrons. The summed E-state index contributed by atoms with van der Waals surface area (Å²) >= 11 is 0. The lowest BCUT2D eigenvalue weighted by Crippen LogP contribution is -2.48. The van der Waals surface area contributed by atoms with E-state index < -0.39 is 0 Å². The van der Waals surface area contributed by atoms with E-state index in [4.69, 9.17) is 9.47 Å². The maximum absolute atomic E-state index is 13.7. The van der Waals surface area contributed by atoms with Crippen molar-refractivity contribution in [3.05, 3.63) is 71.6 Å². The number of methoxy groups -OCH3 is 2. The number of amides is 1. The summed E-state index contributed by atoms with van der Waals surface area (Å²) in [5, 5.41) is 3.29. The average Bonchev–Trinajstić information content (AvgIpc) is 2.72. The zero-order chi connectivity index (χ0) is 20.1. The molecule has 1 N–H and O–H groups in total. The van der Waals surface area contributed by atoms with Gasteiger partial charge in [0.1, 0.15) is 5.82 Å². The van der Waals surface area contributed by atoms with Crippen LogP contribution in [0.2, 0.25) is 0 Å². The number of piperazine rings is 1. The number of halogens is 1. The van der Waals surface area contributed by atoms with Crippen molar-refractivity contribution in [1.29, 1.82) is 0 Å². The number of carbonyl (C=O) groups excluding carboxylic acids is 1. The van der Waals surface area contributed by atoms with Gasteiger partial charge in [0.25, 0.3) is 5.91 Å². The maximum atomic E-state index is 13.7. The van der Waals surface area contributed by atoms with E-state index in [1.807, 2.05) is 12.1 Å². The van der Waals surface area contributed by atoms with Gasteiger partial charge in [-0.1, -0.05) is 18.2 Å². The molecule has 0 saturated carbocycles. The molecule has 2 aromatic carbocycles. The Morgan fingerprint density at radius 2 is 2.14 bits per heavy atom. The number of benzene rings is 2. The summed E-state index contributed by atoms with van der Waals surface area (Å²) in [4.78, 5) is 15.2. The van der Waals surface area contributed by atoms with Crippen LogP contribution in [-0.4, -0.2) is 44.7 Å². The number of nitrogens with one attached hydrogen (secondary N) is 1. The molecule has 1 atom stereocenters. The highest BCUT2D eigenvalue weighted by molar-refractivity contribution is 5.95. The first-order chi connectivity index (χ1) is 13.6. The van der Waals surface area contributed by atoms with Crippen LogP contribution in [0.25, 0.3) is 0 Å². The van der Waals surface area contributed by atoms with Crippen LogP contribution in [-0.2, 0) is 6.42 Å². The highest BCUT2D eigenvalue weighted by atomic mass is 19.1. The third-order valence-corrected chi connectivity index (χ3v) is 4.90. The molecule has 0 aliphatic carbocycles. The molecule has 0 bridgehead atoms. The van der Waals surface area contributed by atoms with Crippen LogP contribution in [0.15, 0.2) is 49.1 Å². The van der Waals surface area contributed by atoms with Crippen molar-refractivity contribution < 1.29 is 18.7 Å². The summed E-state index contributed by atoms with van der Waals surface area (Å²) < 4.78 is 24.6. The summed E-state index contributed by atoms with van der Waals surface area (Å²) in [5.74, 6) is 0.667. The minimum Gasteiger partial charge on any atom is -0.493 e. The fraction of sp³-hybridized carbons (Fsp3) is 0.318. The van der Waals surface area contributed by atoms with Crippen LogP contribution in [0.5, 0.6) is 11.5 Å². The number of carbonyl (C=O) groups is 1. The highest BCUT2D eigenvalue weighted by Crippen LogP contribution is 2.34. The van der Waals surface area contributed by atoms with Crippen LogP contribution >= 0.6 is 0 Å². The molecule has 1 aliphatic rings.